The monoisotopic (exact) mass is 426 g/mol. The second kappa shape index (κ2) is 8.81. The number of nitrogens with zero attached hydrogens (tertiary/aromatic N) is 4. The Bertz CT molecular complexity index is 1050. The van der Waals surface area contributed by atoms with Gasteiger partial charge < -0.3 is 11.1 Å². The molecule has 1 aliphatic rings. The van der Waals surface area contributed by atoms with Crippen LogP contribution in [0, 0.1) is 17.6 Å². The summed E-state index contributed by atoms with van der Waals surface area (Å²) in [6, 6.07) is 8.91. The topological polar surface area (TPSA) is 89.1 Å². The summed E-state index contributed by atoms with van der Waals surface area (Å²) in [6.07, 6.45) is 3.83. The Balaban J connectivity index is 1.54. The first-order valence-electron chi connectivity index (χ1n) is 10.1. The number of primary amides is 1. The molecular weight excluding hydrogens is 402 g/mol. The Morgan fingerprint density at radius 1 is 1.19 bits per heavy atom. The molecule has 7 nitrogen and oxygen atoms in total. The standard InChI is InChI=1S/C22H24F2N6O/c1-14-8-9-29(11-18-7-4-16(24)10-26-18)13-20(14)30-12-19(21(25)31)22(28-30)27-17-5-2-15(23)3-6-17/h2-7,10,12,14,20H,8-9,11,13H2,1H3,(H2,25,31)(H,27,28)/t14-,20-/m1/s1. The minimum absolute atomic E-state index is 0.0241. The number of rotatable bonds is 6. The van der Waals surface area contributed by atoms with Crippen molar-refractivity contribution in [3.63, 3.8) is 0 Å². The molecule has 2 atom stereocenters. The van der Waals surface area contributed by atoms with Crippen LogP contribution in [0.3, 0.4) is 0 Å². The number of anilines is 2. The molecule has 0 bridgehead atoms. The third-order valence-corrected chi connectivity index (χ3v) is 5.62. The highest BCUT2D eigenvalue weighted by molar-refractivity contribution is 5.98. The lowest BCUT2D eigenvalue weighted by molar-refractivity contribution is 0.0999. The van der Waals surface area contributed by atoms with Crippen molar-refractivity contribution in [1.82, 2.24) is 19.7 Å². The number of hydrogen-bond donors (Lipinski definition) is 2. The van der Waals surface area contributed by atoms with E-state index in [1.165, 1.54) is 24.4 Å². The summed E-state index contributed by atoms with van der Waals surface area (Å²) in [6.45, 7) is 4.35. The molecule has 1 amide bonds. The highest BCUT2D eigenvalue weighted by Crippen LogP contribution is 2.30. The van der Waals surface area contributed by atoms with E-state index >= 15 is 0 Å². The lowest BCUT2D eigenvalue weighted by Crippen LogP contribution is -2.40. The zero-order chi connectivity index (χ0) is 22.0. The first-order chi connectivity index (χ1) is 14.9. The van der Waals surface area contributed by atoms with Crippen molar-refractivity contribution in [2.24, 2.45) is 11.7 Å². The van der Waals surface area contributed by atoms with Crippen LogP contribution in [-0.4, -0.2) is 38.7 Å². The van der Waals surface area contributed by atoms with Crippen molar-refractivity contribution in [3.8, 4) is 0 Å². The van der Waals surface area contributed by atoms with Gasteiger partial charge in [-0.25, -0.2) is 8.78 Å². The molecule has 0 saturated carbocycles. The maximum Gasteiger partial charge on any atom is 0.254 e. The predicted octanol–water partition coefficient (Wildman–Crippen LogP) is 3.48. The minimum Gasteiger partial charge on any atom is -0.365 e. The molecular formula is C22H24F2N6O. The number of halogens is 2. The van der Waals surface area contributed by atoms with Crippen molar-refractivity contribution >= 4 is 17.4 Å². The first kappa shape index (κ1) is 20.9. The number of nitrogens with one attached hydrogen (secondary N) is 1. The van der Waals surface area contributed by atoms with Gasteiger partial charge in [0.2, 0.25) is 0 Å². The molecule has 0 aliphatic carbocycles. The maximum absolute atomic E-state index is 13.2. The number of piperidine rings is 1. The van der Waals surface area contributed by atoms with Gasteiger partial charge >= 0.3 is 0 Å². The van der Waals surface area contributed by atoms with E-state index in [9.17, 15) is 13.6 Å². The first-order valence-corrected chi connectivity index (χ1v) is 10.1. The predicted molar refractivity (Wildman–Crippen MR) is 113 cm³/mol. The summed E-state index contributed by atoms with van der Waals surface area (Å²) < 4.78 is 28.1. The fourth-order valence-electron chi connectivity index (χ4n) is 3.84. The van der Waals surface area contributed by atoms with E-state index in [0.717, 1.165) is 18.7 Å². The van der Waals surface area contributed by atoms with Gasteiger partial charge in [0, 0.05) is 25.0 Å². The molecule has 31 heavy (non-hydrogen) atoms. The van der Waals surface area contributed by atoms with Crippen molar-refractivity contribution in [2.45, 2.75) is 25.9 Å². The average molecular weight is 426 g/mol. The van der Waals surface area contributed by atoms with Crippen molar-refractivity contribution < 1.29 is 13.6 Å². The molecule has 3 heterocycles. The third-order valence-electron chi connectivity index (χ3n) is 5.62. The van der Waals surface area contributed by atoms with E-state index in [1.54, 1.807) is 29.1 Å². The molecule has 3 N–H and O–H groups in total. The highest BCUT2D eigenvalue weighted by Gasteiger charge is 2.30. The van der Waals surface area contributed by atoms with E-state index in [0.29, 0.717) is 30.5 Å². The normalized spacial score (nSPS) is 19.3. The van der Waals surface area contributed by atoms with E-state index in [-0.39, 0.29) is 23.2 Å². The minimum atomic E-state index is -0.591. The number of amides is 1. The highest BCUT2D eigenvalue weighted by atomic mass is 19.1. The van der Waals surface area contributed by atoms with Crippen LogP contribution in [-0.2, 0) is 6.54 Å². The molecule has 1 aromatic carbocycles. The van der Waals surface area contributed by atoms with Crippen molar-refractivity contribution in [1.29, 1.82) is 0 Å². The van der Waals surface area contributed by atoms with E-state index in [1.807, 2.05) is 0 Å². The van der Waals surface area contributed by atoms with Crippen LogP contribution in [0.4, 0.5) is 20.3 Å². The third kappa shape index (κ3) is 4.88. The quantitative estimate of drug-likeness (QED) is 0.630. The van der Waals surface area contributed by atoms with Gasteiger partial charge in [-0.2, -0.15) is 5.10 Å². The number of benzene rings is 1. The Morgan fingerprint density at radius 2 is 1.94 bits per heavy atom. The zero-order valence-electron chi connectivity index (χ0n) is 17.1. The molecule has 9 heteroatoms. The average Bonchev–Trinajstić information content (AvgIpc) is 3.17. The smallest absolute Gasteiger partial charge is 0.254 e. The second-order valence-electron chi connectivity index (χ2n) is 7.90. The van der Waals surface area contributed by atoms with Gasteiger partial charge in [-0.05, 0) is 55.3 Å². The van der Waals surface area contributed by atoms with Gasteiger partial charge in [-0.1, -0.05) is 6.92 Å². The lowest BCUT2D eigenvalue weighted by atomic mass is 9.93. The summed E-state index contributed by atoms with van der Waals surface area (Å²) >= 11 is 0. The van der Waals surface area contributed by atoms with E-state index < -0.39 is 5.91 Å². The van der Waals surface area contributed by atoms with Crippen LogP contribution < -0.4 is 11.1 Å². The molecule has 1 saturated heterocycles. The number of nitrogens with two attached hydrogens (primary N) is 1. The number of carbonyl (C=O) groups excluding carboxylic acids is 1. The summed E-state index contributed by atoms with van der Waals surface area (Å²) in [5.41, 5.74) is 7.25. The molecule has 162 valence electrons. The molecule has 0 radical (unpaired) electrons. The van der Waals surface area contributed by atoms with Crippen LogP contribution in [0.15, 0.2) is 48.8 Å². The Morgan fingerprint density at radius 3 is 2.61 bits per heavy atom. The van der Waals surface area contributed by atoms with Crippen LogP contribution in [0.1, 0.15) is 35.4 Å². The van der Waals surface area contributed by atoms with Gasteiger partial charge in [0.1, 0.15) is 17.2 Å². The van der Waals surface area contributed by atoms with E-state index in [4.69, 9.17) is 5.73 Å². The Hall–Kier alpha value is -3.33. The van der Waals surface area contributed by atoms with Crippen LogP contribution in [0.2, 0.25) is 0 Å². The summed E-state index contributed by atoms with van der Waals surface area (Å²) in [5, 5.41) is 7.65. The zero-order valence-corrected chi connectivity index (χ0v) is 17.1. The largest absolute Gasteiger partial charge is 0.365 e. The number of likely N-dealkylation sites (tertiary alicyclic amines) is 1. The SMILES string of the molecule is C[C@@H]1CCN(Cc2ccc(F)cn2)C[C@H]1n1cc(C(N)=O)c(Nc2ccc(F)cc2)n1. The van der Waals surface area contributed by atoms with E-state index in [2.05, 4.69) is 27.2 Å². The van der Waals surface area contributed by atoms with Gasteiger partial charge in [0.05, 0.1) is 17.9 Å². The fraction of sp³-hybridized carbons (Fsp3) is 0.318. The number of aromatic nitrogens is 3. The Labute approximate surface area is 178 Å². The molecule has 2 aromatic heterocycles. The second-order valence-corrected chi connectivity index (χ2v) is 7.90. The van der Waals surface area contributed by atoms with Crippen molar-refractivity contribution in [2.75, 3.05) is 18.4 Å². The molecule has 1 aliphatic heterocycles. The fourth-order valence-corrected chi connectivity index (χ4v) is 3.84. The summed E-state index contributed by atoms with van der Waals surface area (Å²) in [5.74, 6) is -0.629. The molecule has 0 spiro atoms. The molecule has 0 unspecified atom stereocenters. The van der Waals surface area contributed by atoms with Crippen LogP contribution in [0.25, 0.3) is 0 Å². The Kier molecular flexibility index (Phi) is 5.94. The summed E-state index contributed by atoms with van der Waals surface area (Å²) in [4.78, 5) is 18.4. The van der Waals surface area contributed by atoms with Gasteiger partial charge in [-0.3, -0.25) is 19.4 Å². The summed E-state index contributed by atoms with van der Waals surface area (Å²) in [7, 11) is 0. The number of carbonyl (C=O) groups is 1. The van der Waals surface area contributed by atoms with Crippen LogP contribution in [0.5, 0.6) is 0 Å². The van der Waals surface area contributed by atoms with Crippen molar-refractivity contribution in [3.05, 3.63) is 71.7 Å². The molecule has 3 aromatic rings. The lowest BCUT2D eigenvalue weighted by Gasteiger charge is -2.37. The molecule has 4 rings (SSSR count). The van der Waals surface area contributed by atoms with Crippen LogP contribution >= 0.6 is 0 Å². The van der Waals surface area contributed by atoms with Gasteiger partial charge in [0.25, 0.3) is 5.91 Å². The van der Waals surface area contributed by atoms with Gasteiger partial charge in [-0.15, -0.1) is 0 Å². The van der Waals surface area contributed by atoms with Gasteiger partial charge in [0.15, 0.2) is 5.82 Å². The molecule has 1 fully saturated rings. The maximum atomic E-state index is 13.2. The number of pyridine rings is 1. The number of hydrogen-bond acceptors (Lipinski definition) is 5.